The standard InChI is InChI=1S/C18H22Cl2N2O4S/c19-11-9-13(15(23)14(20)10-11)16(24)21-17-3-6-18(7-4-17,8-5-17)22-27(25,26)12-1-2-12/h9-10,12,22-23H,1-8H2,(H,21,24). The van der Waals surface area contributed by atoms with Crippen LogP contribution in [0.15, 0.2) is 12.1 Å². The van der Waals surface area contributed by atoms with Gasteiger partial charge >= 0.3 is 0 Å². The predicted molar refractivity (Wildman–Crippen MR) is 104 cm³/mol. The lowest BCUT2D eigenvalue weighted by molar-refractivity contribution is 0.0574. The van der Waals surface area contributed by atoms with Crippen molar-refractivity contribution in [2.24, 2.45) is 0 Å². The third-order valence-corrected chi connectivity index (χ3v) is 8.79. The topological polar surface area (TPSA) is 95.5 Å². The van der Waals surface area contributed by atoms with Gasteiger partial charge in [0.25, 0.3) is 5.91 Å². The van der Waals surface area contributed by atoms with Crippen LogP contribution in [0.3, 0.4) is 0 Å². The van der Waals surface area contributed by atoms with E-state index in [4.69, 9.17) is 23.2 Å². The summed E-state index contributed by atoms with van der Waals surface area (Å²) in [5.41, 5.74) is -0.709. The van der Waals surface area contributed by atoms with Crippen molar-refractivity contribution in [2.75, 3.05) is 0 Å². The Bertz CT molecular complexity index is 874. The smallest absolute Gasteiger partial charge is 0.255 e. The highest BCUT2D eigenvalue weighted by Crippen LogP contribution is 2.48. The SMILES string of the molecule is O=C(NC12CCC(NS(=O)(=O)C3CC3)(CC1)CC2)c1cc(Cl)cc(Cl)c1O. The first kappa shape index (κ1) is 19.3. The number of sulfonamides is 1. The summed E-state index contributed by atoms with van der Waals surface area (Å²) in [4.78, 5) is 12.7. The van der Waals surface area contributed by atoms with Crippen LogP contribution in [0.25, 0.3) is 0 Å². The Labute approximate surface area is 168 Å². The Morgan fingerprint density at radius 3 is 2.15 bits per heavy atom. The predicted octanol–water partition coefficient (Wildman–Crippen LogP) is 3.36. The normalized spacial score (nSPS) is 30.3. The molecule has 5 rings (SSSR count). The molecule has 0 spiro atoms. The van der Waals surface area contributed by atoms with E-state index >= 15 is 0 Å². The van der Waals surface area contributed by atoms with E-state index < -0.39 is 15.9 Å². The molecule has 0 radical (unpaired) electrons. The van der Waals surface area contributed by atoms with Gasteiger partial charge in [-0.2, -0.15) is 0 Å². The fourth-order valence-electron chi connectivity index (χ4n) is 4.34. The summed E-state index contributed by atoms with van der Waals surface area (Å²) in [6, 6.07) is 2.78. The van der Waals surface area contributed by atoms with Gasteiger partial charge in [-0.3, -0.25) is 4.79 Å². The van der Waals surface area contributed by atoms with E-state index in [2.05, 4.69) is 10.0 Å². The van der Waals surface area contributed by atoms with Gasteiger partial charge in [-0.25, -0.2) is 13.1 Å². The molecule has 4 aliphatic carbocycles. The van der Waals surface area contributed by atoms with Gasteiger partial charge in [0.15, 0.2) is 0 Å². The van der Waals surface area contributed by atoms with Gasteiger partial charge in [0.2, 0.25) is 10.0 Å². The fraction of sp³-hybridized carbons (Fsp3) is 0.611. The number of carbonyl (C=O) groups is 1. The monoisotopic (exact) mass is 432 g/mol. The number of hydrogen-bond acceptors (Lipinski definition) is 4. The average molecular weight is 433 g/mol. The van der Waals surface area contributed by atoms with E-state index in [1.807, 2.05) is 0 Å². The first-order valence-electron chi connectivity index (χ1n) is 9.17. The molecule has 0 saturated heterocycles. The Hall–Kier alpha value is -1.02. The molecule has 4 aliphatic rings. The molecule has 1 amide bonds. The minimum Gasteiger partial charge on any atom is -0.506 e. The first-order chi connectivity index (χ1) is 12.6. The van der Waals surface area contributed by atoms with E-state index in [-0.39, 0.29) is 37.7 Å². The number of phenolic OH excluding ortho intramolecular Hbond substituents is 1. The number of fused-ring (bicyclic) bond motifs is 3. The molecule has 148 valence electrons. The van der Waals surface area contributed by atoms with Crippen molar-refractivity contribution in [3.63, 3.8) is 0 Å². The van der Waals surface area contributed by atoms with E-state index in [0.717, 1.165) is 12.8 Å². The van der Waals surface area contributed by atoms with Crippen LogP contribution in [0.1, 0.15) is 61.7 Å². The Balaban J connectivity index is 1.46. The van der Waals surface area contributed by atoms with Crippen LogP contribution in [-0.2, 0) is 10.0 Å². The highest BCUT2D eigenvalue weighted by atomic mass is 35.5. The lowest BCUT2D eigenvalue weighted by Crippen LogP contribution is -2.64. The molecule has 1 aromatic carbocycles. The van der Waals surface area contributed by atoms with E-state index in [1.165, 1.54) is 12.1 Å². The van der Waals surface area contributed by atoms with Crippen molar-refractivity contribution >= 4 is 39.1 Å². The number of amides is 1. The molecule has 3 N–H and O–H groups in total. The number of benzene rings is 1. The summed E-state index contributed by atoms with van der Waals surface area (Å²) in [7, 11) is -3.23. The molecule has 0 aromatic heterocycles. The maximum atomic E-state index is 12.7. The molecule has 0 heterocycles. The number of hydrogen-bond donors (Lipinski definition) is 3. The van der Waals surface area contributed by atoms with Crippen molar-refractivity contribution in [3.05, 3.63) is 27.7 Å². The van der Waals surface area contributed by atoms with Crippen LogP contribution in [0.4, 0.5) is 0 Å². The zero-order valence-electron chi connectivity index (χ0n) is 14.7. The highest BCUT2D eigenvalue weighted by Gasteiger charge is 2.52. The number of carbonyl (C=O) groups excluding carboxylic acids is 1. The third kappa shape index (κ3) is 3.67. The van der Waals surface area contributed by atoms with Crippen LogP contribution in [0.2, 0.25) is 10.0 Å². The molecule has 2 bridgehead atoms. The van der Waals surface area contributed by atoms with Gasteiger partial charge in [0.1, 0.15) is 5.75 Å². The number of aromatic hydroxyl groups is 1. The second kappa shape index (κ2) is 6.51. The largest absolute Gasteiger partial charge is 0.506 e. The summed E-state index contributed by atoms with van der Waals surface area (Å²) < 4.78 is 27.7. The molecule has 0 atom stereocenters. The maximum absolute atomic E-state index is 12.7. The average Bonchev–Trinajstić information content (AvgIpc) is 3.45. The zero-order chi connectivity index (χ0) is 19.4. The minimum absolute atomic E-state index is 0.0333. The van der Waals surface area contributed by atoms with Crippen LogP contribution in [0, 0.1) is 0 Å². The fourth-order valence-corrected chi connectivity index (χ4v) is 6.66. The van der Waals surface area contributed by atoms with Crippen molar-refractivity contribution in [1.82, 2.24) is 10.0 Å². The third-order valence-electron chi connectivity index (χ3n) is 6.22. The zero-order valence-corrected chi connectivity index (χ0v) is 17.1. The second-order valence-corrected chi connectivity index (χ2v) is 10.9. The Morgan fingerprint density at radius 2 is 1.59 bits per heavy atom. The van der Waals surface area contributed by atoms with E-state index in [9.17, 15) is 18.3 Å². The summed E-state index contributed by atoms with van der Waals surface area (Å²) in [5, 5.41) is 13.2. The van der Waals surface area contributed by atoms with Gasteiger partial charge in [0, 0.05) is 16.1 Å². The Kier molecular flexibility index (Phi) is 4.65. The van der Waals surface area contributed by atoms with Gasteiger partial charge < -0.3 is 10.4 Å². The van der Waals surface area contributed by atoms with Crippen molar-refractivity contribution < 1.29 is 18.3 Å². The molecule has 9 heteroatoms. The van der Waals surface area contributed by atoms with Crippen LogP contribution < -0.4 is 10.0 Å². The minimum atomic E-state index is -3.23. The maximum Gasteiger partial charge on any atom is 0.255 e. The van der Waals surface area contributed by atoms with Gasteiger partial charge in [-0.05, 0) is 63.5 Å². The summed E-state index contributed by atoms with van der Waals surface area (Å²) in [6.45, 7) is 0. The molecule has 4 fully saturated rings. The van der Waals surface area contributed by atoms with Crippen molar-refractivity contribution in [3.8, 4) is 5.75 Å². The summed E-state index contributed by atoms with van der Waals surface area (Å²) in [6.07, 6.45) is 5.67. The first-order valence-corrected chi connectivity index (χ1v) is 11.5. The molecule has 4 saturated carbocycles. The summed E-state index contributed by atoms with van der Waals surface area (Å²) in [5.74, 6) is -0.696. The number of nitrogens with one attached hydrogen (secondary N) is 2. The lowest BCUT2D eigenvalue weighted by atomic mass is 9.62. The van der Waals surface area contributed by atoms with Gasteiger partial charge in [-0.1, -0.05) is 23.2 Å². The van der Waals surface area contributed by atoms with Crippen molar-refractivity contribution in [1.29, 1.82) is 0 Å². The van der Waals surface area contributed by atoms with Crippen LogP contribution in [0.5, 0.6) is 5.75 Å². The van der Waals surface area contributed by atoms with Crippen LogP contribution in [-0.4, -0.2) is 35.8 Å². The second-order valence-electron chi connectivity index (χ2n) is 8.14. The highest BCUT2D eigenvalue weighted by molar-refractivity contribution is 7.90. The van der Waals surface area contributed by atoms with Gasteiger partial charge in [0.05, 0.1) is 15.8 Å². The van der Waals surface area contributed by atoms with E-state index in [1.54, 1.807) is 0 Å². The molecule has 0 unspecified atom stereocenters. The quantitative estimate of drug-likeness (QED) is 0.664. The molecule has 6 nitrogen and oxygen atoms in total. The van der Waals surface area contributed by atoms with Gasteiger partial charge in [-0.15, -0.1) is 0 Å². The number of rotatable bonds is 5. The number of phenols is 1. The lowest BCUT2D eigenvalue weighted by Gasteiger charge is -2.53. The molecule has 27 heavy (non-hydrogen) atoms. The Morgan fingerprint density at radius 1 is 1.04 bits per heavy atom. The number of halogens is 2. The molecular weight excluding hydrogens is 411 g/mol. The molecule has 0 aliphatic heterocycles. The van der Waals surface area contributed by atoms with E-state index in [0.29, 0.717) is 38.5 Å². The summed E-state index contributed by atoms with van der Waals surface area (Å²) >= 11 is 11.9. The van der Waals surface area contributed by atoms with Crippen LogP contribution >= 0.6 is 23.2 Å². The molecule has 1 aromatic rings. The molecular formula is C18H22Cl2N2O4S. The van der Waals surface area contributed by atoms with Crippen molar-refractivity contribution in [2.45, 2.75) is 67.7 Å².